The Kier molecular flexibility index (Phi) is 5.70. The highest BCUT2D eigenvalue weighted by Crippen LogP contribution is 2.32. The van der Waals surface area contributed by atoms with Crippen molar-refractivity contribution in [1.29, 1.82) is 0 Å². The Labute approximate surface area is 187 Å². The largest absolute Gasteiger partial charge is 0.419 e. The quantitative estimate of drug-likeness (QED) is 0.276. The van der Waals surface area contributed by atoms with Crippen LogP contribution in [0.2, 0.25) is 0 Å². The smallest absolute Gasteiger partial charge is 0.393 e. The van der Waals surface area contributed by atoms with Gasteiger partial charge in [-0.2, -0.15) is 0 Å². The van der Waals surface area contributed by atoms with E-state index in [1.165, 1.54) is 43.5 Å². The summed E-state index contributed by atoms with van der Waals surface area (Å²) >= 11 is 0. The van der Waals surface area contributed by atoms with Gasteiger partial charge in [0.1, 0.15) is 28.1 Å². The molecule has 0 spiro atoms. The lowest BCUT2D eigenvalue weighted by atomic mass is 10.1. The minimum absolute atomic E-state index is 0.354. The third-order valence-corrected chi connectivity index (χ3v) is 7.94. The molecular weight excluding hydrogens is 428 g/mol. The Morgan fingerprint density at radius 3 is 1.94 bits per heavy atom. The summed E-state index contributed by atoms with van der Waals surface area (Å²) in [6.07, 6.45) is 3.58. The van der Waals surface area contributed by atoms with Gasteiger partial charge in [0, 0.05) is 36.3 Å². The molecule has 0 bridgehead atoms. The lowest BCUT2D eigenvalue weighted by Crippen LogP contribution is -2.29. The van der Waals surface area contributed by atoms with Gasteiger partial charge in [0.2, 0.25) is 0 Å². The minimum Gasteiger partial charge on any atom is -0.419 e. The molecule has 2 heterocycles. The summed E-state index contributed by atoms with van der Waals surface area (Å²) in [5, 5.41) is 0.821. The van der Waals surface area contributed by atoms with Crippen LogP contribution >= 0.6 is 0 Å². The summed E-state index contributed by atoms with van der Waals surface area (Å²) in [6.45, 7) is 2.01. The van der Waals surface area contributed by atoms with Crippen LogP contribution in [0.5, 0.6) is 0 Å². The second kappa shape index (κ2) is 8.79. The maximum Gasteiger partial charge on any atom is 0.393 e. The van der Waals surface area contributed by atoms with Crippen molar-refractivity contribution in [2.45, 2.75) is 33.9 Å². The highest BCUT2D eigenvalue weighted by Gasteiger charge is 2.33. The Hall–Kier alpha value is -3.12. The van der Waals surface area contributed by atoms with Crippen LogP contribution < -0.4 is 10.5 Å². The summed E-state index contributed by atoms with van der Waals surface area (Å²) in [5.41, 5.74) is 1.16. The lowest BCUT2D eigenvalue weighted by molar-refractivity contribution is 0.542. The maximum absolute atomic E-state index is 13.6. The number of halogens is 2. The molecule has 3 aromatic carbocycles. The Bertz CT molecular complexity index is 1250. The average Bonchev–Trinajstić information content (AvgIpc) is 2.82. The van der Waals surface area contributed by atoms with Crippen LogP contribution in [0, 0.1) is 11.6 Å². The van der Waals surface area contributed by atoms with Gasteiger partial charge in [-0.05, 0) is 79.9 Å². The van der Waals surface area contributed by atoms with Crippen LogP contribution in [0.25, 0.3) is 11.0 Å². The van der Waals surface area contributed by atoms with E-state index in [4.69, 9.17) is 4.42 Å². The molecule has 0 radical (unpaired) electrons. The normalized spacial score (nSPS) is 14.3. The summed E-state index contributed by atoms with van der Waals surface area (Å²) in [4.78, 5) is 17.4. The number of rotatable bonds is 4. The molecule has 3 nitrogen and oxygen atoms in total. The number of hydrogen-bond acceptors (Lipinski definition) is 3. The molecule has 0 N–H and O–H groups in total. The van der Waals surface area contributed by atoms with Gasteiger partial charge in [0.25, 0.3) is 4.90 Å². The topological polar surface area (TPSA) is 33.5 Å². The van der Waals surface area contributed by atoms with Crippen molar-refractivity contribution < 1.29 is 13.2 Å². The molecule has 1 fully saturated rings. The fourth-order valence-corrected chi connectivity index (χ4v) is 6.15. The first-order valence-corrected chi connectivity index (χ1v) is 11.9. The van der Waals surface area contributed by atoms with Crippen molar-refractivity contribution in [2.75, 3.05) is 18.0 Å². The Balaban J connectivity index is 1.61. The van der Waals surface area contributed by atoms with Gasteiger partial charge in [0.15, 0.2) is 9.79 Å². The van der Waals surface area contributed by atoms with Crippen molar-refractivity contribution in [3.05, 3.63) is 94.9 Å². The van der Waals surface area contributed by atoms with Crippen molar-refractivity contribution in [3.63, 3.8) is 0 Å². The molecule has 6 heteroatoms. The SMILES string of the molecule is O=c1oc2cc(N3CCCCC3)ccc2cc1[S+](c1ccc(F)cc1)c1ccc(F)cc1. The maximum atomic E-state index is 13.6. The van der Waals surface area contributed by atoms with Crippen LogP contribution in [-0.2, 0) is 10.9 Å². The van der Waals surface area contributed by atoms with E-state index >= 15 is 0 Å². The van der Waals surface area contributed by atoms with Gasteiger partial charge in [-0.1, -0.05) is 0 Å². The molecule has 162 valence electrons. The van der Waals surface area contributed by atoms with Gasteiger partial charge in [-0.3, -0.25) is 0 Å². The first-order chi connectivity index (χ1) is 15.6. The van der Waals surface area contributed by atoms with Crippen LogP contribution in [0.3, 0.4) is 0 Å². The third kappa shape index (κ3) is 4.15. The van der Waals surface area contributed by atoms with Gasteiger partial charge >= 0.3 is 5.63 Å². The van der Waals surface area contributed by atoms with Gasteiger partial charge < -0.3 is 9.32 Å². The zero-order valence-electron chi connectivity index (χ0n) is 17.4. The Morgan fingerprint density at radius 1 is 0.750 bits per heavy atom. The zero-order chi connectivity index (χ0) is 22.1. The minimum atomic E-state index is -0.858. The molecule has 1 aromatic heterocycles. The number of fused-ring (bicyclic) bond motifs is 1. The number of piperidine rings is 1. The molecule has 0 aliphatic carbocycles. The summed E-state index contributed by atoms with van der Waals surface area (Å²) in [5.74, 6) is -0.709. The molecule has 1 aliphatic rings. The fourth-order valence-electron chi connectivity index (χ4n) is 4.10. The molecule has 4 aromatic rings. The molecule has 5 rings (SSSR count). The molecule has 32 heavy (non-hydrogen) atoms. The molecular formula is C26H22F2NO2S+. The highest BCUT2D eigenvalue weighted by molar-refractivity contribution is 7.97. The van der Waals surface area contributed by atoms with Crippen molar-refractivity contribution in [3.8, 4) is 0 Å². The summed E-state index contributed by atoms with van der Waals surface area (Å²) < 4.78 is 32.9. The predicted octanol–water partition coefficient (Wildman–Crippen LogP) is 6.16. The van der Waals surface area contributed by atoms with Crippen LogP contribution in [-0.4, -0.2) is 13.1 Å². The van der Waals surface area contributed by atoms with Crippen LogP contribution in [0.1, 0.15) is 19.3 Å². The molecule has 0 unspecified atom stereocenters. The second-order valence-electron chi connectivity index (χ2n) is 7.88. The monoisotopic (exact) mass is 450 g/mol. The van der Waals surface area contributed by atoms with E-state index in [1.54, 1.807) is 24.3 Å². The first-order valence-electron chi connectivity index (χ1n) is 10.7. The Morgan fingerprint density at radius 2 is 1.34 bits per heavy atom. The van der Waals surface area contributed by atoms with E-state index in [9.17, 15) is 13.6 Å². The average molecular weight is 451 g/mol. The predicted molar refractivity (Wildman–Crippen MR) is 124 cm³/mol. The van der Waals surface area contributed by atoms with E-state index in [0.717, 1.165) is 34.0 Å². The molecule has 0 saturated carbocycles. The first kappa shape index (κ1) is 20.8. The summed E-state index contributed by atoms with van der Waals surface area (Å²) in [6, 6.07) is 19.9. The van der Waals surface area contributed by atoms with Gasteiger partial charge in [-0.15, -0.1) is 0 Å². The van der Waals surface area contributed by atoms with E-state index < -0.39 is 16.5 Å². The van der Waals surface area contributed by atoms with Crippen molar-refractivity contribution in [1.82, 2.24) is 0 Å². The number of benzene rings is 3. The standard InChI is InChI=1S/C26H22F2NO2S/c27-19-5-10-22(11-6-19)32(23-12-7-20(28)8-13-23)25-16-18-4-9-21(17-24(18)31-26(25)30)29-14-2-1-3-15-29/h4-13,16-17H,1-3,14-15H2/q+1. The second-order valence-corrected chi connectivity index (χ2v) is 9.88. The molecule has 1 saturated heterocycles. The molecule has 1 aliphatic heterocycles. The van der Waals surface area contributed by atoms with E-state index in [-0.39, 0.29) is 11.6 Å². The zero-order valence-corrected chi connectivity index (χ0v) is 18.2. The lowest BCUT2D eigenvalue weighted by Gasteiger charge is -2.28. The fraction of sp³-hybridized carbons (Fsp3) is 0.192. The summed E-state index contributed by atoms with van der Waals surface area (Å²) in [7, 11) is -0.858. The van der Waals surface area contributed by atoms with E-state index in [1.807, 2.05) is 18.2 Å². The van der Waals surface area contributed by atoms with E-state index in [2.05, 4.69) is 11.0 Å². The van der Waals surface area contributed by atoms with Gasteiger partial charge in [-0.25, -0.2) is 13.6 Å². The van der Waals surface area contributed by atoms with Gasteiger partial charge in [0.05, 0.1) is 0 Å². The third-order valence-electron chi connectivity index (χ3n) is 5.73. The molecule has 0 amide bonds. The molecule has 0 atom stereocenters. The van der Waals surface area contributed by atoms with Crippen LogP contribution in [0.15, 0.2) is 96.7 Å². The van der Waals surface area contributed by atoms with E-state index in [0.29, 0.717) is 10.5 Å². The van der Waals surface area contributed by atoms with Crippen molar-refractivity contribution >= 4 is 27.6 Å². The number of hydrogen-bond donors (Lipinski definition) is 0. The van der Waals surface area contributed by atoms with Crippen molar-refractivity contribution in [2.24, 2.45) is 0 Å². The highest BCUT2D eigenvalue weighted by atomic mass is 32.2. The number of anilines is 1. The number of nitrogens with zero attached hydrogens (tertiary/aromatic N) is 1. The van der Waals surface area contributed by atoms with Crippen LogP contribution in [0.4, 0.5) is 14.5 Å².